The maximum Gasteiger partial charge on any atom is 0.0314 e. The van der Waals surface area contributed by atoms with Crippen molar-refractivity contribution >= 4 is 17.4 Å². The van der Waals surface area contributed by atoms with Crippen LogP contribution in [0, 0.1) is 6.92 Å². The molecule has 0 aliphatic heterocycles. The zero-order chi connectivity index (χ0) is 13.5. The Labute approximate surface area is 120 Å². The van der Waals surface area contributed by atoms with E-state index in [1.165, 1.54) is 41.0 Å². The molecule has 0 atom stereocenters. The summed E-state index contributed by atoms with van der Waals surface area (Å²) in [6.07, 6.45) is 3.69. The molecule has 0 aliphatic carbocycles. The Hall–Kier alpha value is -1.41. The minimum absolute atomic E-state index is 0.837. The van der Waals surface area contributed by atoms with Crippen molar-refractivity contribution in [2.75, 3.05) is 11.5 Å². The van der Waals surface area contributed by atoms with Crippen LogP contribution in [0.15, 0.2) is 53.4 Å². The molecule has 2 aromatic rings. The number of aryl methyl sites for hydroxylation is 2. The summed E-state index contributed by atoms with van der Waals surface area (Å²) in [5.74, 6) is 1.18. The molecular weight excluding hydrogens is 250 g/mol. The molecule has 19 heavy (non-hydrogen) atoms. The molecule has 100 valence electrons. The van der Waals surface area contributed by atoms with E-state index in [1.54, 1.807) is 0 Å². The fraction of sp³-hybridized carbons (Fsp3) is 0.294. The molecule has 0 bridgehead atoms. The normalized spacial score (nSPS) is 10.6. The minimum atomic E-state index is 0.837. The summed E-state index contributed by atoms with van der Waals surface area (Å²) in [6.45, 7) is 2.13. The predicted molar refractivity (Wildman–Crippen MR) is 85.7 cm³/mol. The third kappa shape index (κ3) is 4.99. The van der Waals surface area contributed by atoms with Crippen molar-refractivity contribution in [3.8, 4) is 0 Å². The first-order valence-electron chi connectivity index (χ1n) is 6.78. The lowest BCUT2D eigenvalue weighted by atomic mass is 10.1. The van der Waals surface area contributed by atoms with Crippen molar-refractivity contribution in [1.29, 1.82) is 0 Å². The van der Waals surface area contributed by atoms with Gasteiger partial charge in [0.25, 0.3) is 0 Å². The molecule has 2 heteroatoms. The van der Waals surface area contributed by atoms with Crippen LogP contribution in [0.3, 0.4) is 0 Å². The van der Waals surface area contributed by atoms with E-state index in [4.69, 9.17) is 5.73 Å². The van der Waals surface area contributed by atoms with E-state index < -0.39 is 0 Å². The van der Waals surface area contributed by atoms with Crippen LogP contribution in [-0.4, -0.2) is 5.75 Å². The van der Waals surface area contributed by atoms with E-state index in [1.807, 2.05) is 23.9 Å². The zero-order valence-electron chi connectivity index (χ0n) is 11.4. The number of anilines is 1. The quantitative estimate of drug-likeness (QED) is 0.468. The maximum atomic E-state index is 5.67. The van der Waals surface area contributed by atoms with Gasteiger partial charge in [0.2, 0.25) is 0 Å². The molecule has 0 saturated carbocycles. The third-order valence-electron chi connectivity index (χ3n) is 3.13. The maximum absolute atomic E-state index is 5.67. The van der Waals surface area contributed by atoms with Crippen molar-refractivity contribution in [2.24, 2.45) is 0 Å². The highest BCUT2D eigenvalue weighted by molar-refractivity contribution is 7.99. The molecule has 2 aromatic carbocycles. The van der Waals surface area contributed by atoms with Crippen LogP contribution >= 0.6 is 11.8 Å². The number of hydrogen-bond acceptors (Lipinski definition) is 2. The van der Waals surface area contributed by atoms with E-state index in [9.17, 15) is 0 Å². The summed E-state index contributed by atoms with van der Waals surface area (Å²) < 4.78 is 0. The summed E-state index contributed by atoms with van der Waals surface area (Å²) in [5.41, 5.74) is 9.29. The van der Waals surface area contributed by atoms with Crippen LogP contribution in [0.1, 0.15) is 24.0 Å². The fourth-order valence-corrected chi connectivity index (χ4v) is 2.85. The second kappa shape index (κ2) is 7.25. The van der Waals surface area contributed by atoms with Gasteiger partial charge in [-0.05, 0) is 61.8 Å². The fourth-order valence-electron chi connectivity index (χ4n) is 1.94. The van der Waals surface area contributed by atoms with Gasteiger partial charge in [-0.3, -0.25) is 0 Å². The summed E-state index contributed by atoms with van der Waals surface area (Å²) in [4.78, 5) is 1.31. The topological polar surface area (TPSA) is 26.0 Å². The SMILES string of the molecule is Cc1ccc(CCCCSc2ccc(N)cc2)cc1. The summed E-state index contributed by atoms with van der Waals surface area (Å²) in [7, 11) is 0. The highest BCUT2D eigenvalue weighted by Crippen LogP contribution is 2.20. The average Bonchev–Trinajstić information content (AvgIpc) is 2.43. The number of thioether (sulfide) groups is 1. The number of rotatable bonds is 6. The Morgan fingerprint density at radius 2 is 1.58 bits per heavy atom. The number of nitrogen functional groups attached to an aromatic ring is 1. The standard InChI is InChI=1S/C17H21NS/c1-14-5-7-15(8-6-14)4-2-3-13-19-17-11-9-16(18)10-12-17/h5-12H,2-4,13,18H2,1H3. The van der Waals surface area contributed by atoms with Crippen LogP contribution in [0.25, 0.3) is 0 Å². The molecule has 2 N–H and O–H groups in total. The summed E-state index contributed by atoms with van der Waals surface area (Å²) in [5, 5.41) is 0. The van der Waals surface area contributed by atoms with Gasteiger partial charge in [-0.25, -0.2) is 0 Å². The largest absolute Gasteiger partial charge is 0.399 e. The molecule has 0 aromatic heterocycles. The Morgan fingerprint density at radius 1 is 0.895 bits per heavy atom. The van der Waals surface area contributed by atoms with E-state index in [0.717, 1.165) is 5.69 Å². The van der Waals surface area contributed by atoms with Gasteiger partial charge in [-0.2, -0.15) is 0 Å². The van der Waals surface area contributed by atoms with Crippen LogP contribution in [-0.2, 0) is 6.42 Å². The zero-order valence-corrected chi connectivity index (χ0v) is 12.2. The van der Waals surface area contributed by atoms with Gasteiger partial charge >= 0.3 is 0 Å². The lowest BCUT2D eigenvalue weighted by molar-refractivity contribution is 0.802. The molecule has 0 fully saturated rings. The molecule has 0 spiro atoms. The molecular formula is C17H21NS. The second-order valence-corrected chi connectivity index (χ2v) is 6.03. The van der Waals surface area contributed by atoms with Crippen LogP contribution in [0.5, 0.6) is 0 Å². The number of hydrogen-bond donors (Lipinski definition) is 1. The number of benzene rings is 2. The van der Waals surface area contributed by atoms with Crippen molar-refractivity contribution in [3.63, 3.8) is 0 Å². The van der Waals surface area contributed by atoms with Crippen molar-refractivity contribution < 1.29 is 0 Å². The molecule has 0 radical (unpaired) electrons. The molecule has 0 unspecified atom stereocenters. The van der Waals surface area contributed by atoms with Crippen LogP contribution in [0.4, 0.5) is 5.69 Å². The first kappa shape index (κ1) is 14.0. The molecule has 0 saturated heterocycles. The van der Waals surface area contributed by atoms with Gasteiger partial charge in [-0.15, -0.1) is 11.8 Å². The van der Waals surface area contributed by atoms with E-state index in [2.05, 4.69) is 43.3 Å². The lowest BCUT2D eigenvalue weighted by Gasteiger charge is -2.03. The van der Waals surface area contributed by atoms with Gasteiger partial charge in [0.1, 0.15) is 0 Å². The molecule has 1 nitrogen and oxygen atoms in total. The van der Waals surface area contributed by atoms with E-state index in [-0.39, 0.29) is 0 Å². The highest BCUT2D eigenvalue weighted by atomic mass is 32.2. The molecule has 0 heterocycles. The van der Waals surface area contributed by atoms with E-state index >= 15 is 0 Å². The first-order chi connectivity index (χ1) is 9.24. The number of nitrogens with two attached hydrogens (primary N) is 1. The van der Waals surface area contributed by atoms with Crippen molar-refractivity contribution in [3.05, 3.63) is 59.7 Å². The van der Waals surface area contributed by atoms with Gasteiger partial charge < -0.3 is 5.73 Å². The van der Waals surface area contributed by atoms with Gasteiger partial charge in [0, 0.05) is 10.6 Å². The van der Waals surface area contributed by atoms with E-state index in [0.29, 0.717) is 0 Å². The Bertz CT molecular complexity index is 440. The molecule has 2 rings (SSSR count). The smallest absolute Gasteiger partial charge is 0.0314 e. The first-order valence-corrected chi connectivity index (χ1v) is 7.76. The van der Waals surface area contributed by atoms with Gasteiger partial charge in [-0.1, -0.05) is 29.8 Å². The average molecular weight is 271 g/mol. The Morgan fingerprint density at radius 3 is 2.26 bits per heavy atom. The number of unbranched alkanes of at least 4 members (excludes halogenated alkanes) is 1. The molecule has 0 amide bonds. The molecule has 0 aliphatic rings. The minimum Gasteiger partial charge on any atom is -0.399 e. The predicted octanol–water partition coefficient (Wildman–Crippen LogP) is 4.69. The van der Waals surface area contributed by atoms with Crippen molar-refractivity contribution in [2.45, 2.75) is 31.1 Å². The monoisotopic (exact) mass is 271 g/mol. The van der Waals surface area contributed by atoms with Gasteiger partial charge in [0.15, 0.2) is 0 Å². The summed E-state index contributed by atoms with van der Waals surface area (Å²) >= 11 is 1.91. The Balaban J connectivity index is 1.64. The third-order valence-corrected chi connectivity index (χ3v) is 4.23. The summed E-state index contributed by atoms with van der Waals surface area (Å²) in [6, 6.07) is 17.0. The van der Waals surface area contributed by atoms with Crippen LogP contribution in [0.2, 0.25) is 0 Å². The highest BCUT2D eigenvalue weighted by Gasteiger charge is 1.96. The Kier molecular flexibility index (Phi) is 5.34. The lowest BCUT2D eigenvalue weighted by Crippen LogP contribution is -1.88. The van der Waals surface area contributed by atoms with Crippen LogP contribution < -0.4 is 5.73 Å². The second-order valence-electron chi connectivity index (χ2n) is 4.86. The van der Waals surface area contributed by atoms with Gasteiger partial charge in [0.05, 0.1) is 0 Å². The van der Waals surface area contributed by atoms with Crippen molar-refractivity contribution in [1.82, 2.24) is 0 Å².